The van der Waals surface area contributed by atoms with Crippen molar-refractivity contribution >= 4 is 23.9 Å². The second kappa shape index (κ2) is 8.04. The summed E-state index contributed by atoms with van der Waals surface area (Å²) in [5.41, 5.74) is 1.10. The van der Waals surface area contributed by atoms with Gasteiger partial charge in [0.25, 0.3) is 5.91 Å². The minimum absolute atomic E-state index is 0.154. The molecule has 10 heteroatoms. The number of nitrogens with one attached hydrogen (secondary N) is 1. The van der Waals surface area contributed by atoms with Gasteiger partial charge in [0, 0.05) is 18.0 Å². The minimum Gasteiger partial charge on any atom is -0.448 e. The maximum absolute atomic E-state index is 12.7. The Morgan fingerprint density at radius 3 is 2.67 bits per heavy atom. The SMILES string of the molecule is O=C(N/N=C/c1ccc(Sc2ncccn2)o1)c1cccc(C(F)(F)F)c1. The van der Waals surface area contributed by atoms with Crippen molar-refractivity contribution in [2.24, 2.45) is 5.10 Å². The molecule has 138 valence electrons. The molecule has 0 atom stereocenters. The number of nitrogens with zero attached hydrogens (tertiary/aromatic N) is 3. The molecule has 3 rings (SSSR count). The van der Waals surface area contributed by atoms with E-state index >= 15 is 0 Å². The molecule has 0 aliphatic carbocycles. The molecule has 3 aromatic rings. The van der Waals surface area contributed by atoms with Crippen LogP contribution in [-0.2, 0) is 6.18 Å². The predicted molar refractivity (Wildman–Crippen MR) is 91.4 cm³/mol. The van der Waals surface area contributed by atoms with Gasteiger partial charge < -0.3 is 4.42 Å². The Morgan fingerprint density at radius 2 is 1.93 bits per heavy atom. The highest BCUT2D eigenvalue weighted by atomic mass is 32.2. The molecular formula is C17H11F3N4O2S. The molecular weight excluding hydrogens is 381 g/mol. The van der Waals surface area contributed by atoms with Crippen LogP contribution in [0.15, 0.2) is 74.6 Å². The number of furan rings is 1. The molecule has 0 fully saturated rings. The number of hydrogen-bond donors (Lipinski definition) is 1. The third-order valence-electron chi connectivity index (χ3n) is 3.15. The number of rotatable bonds is 5. The maximum Gasteiger partial charge on any atom is 0.416 e. The van der Waals surface area contributed by atoms with E-state index in [-0.39, 0.29) is 5.56 Å². The van der Waals surface area contributed by atoms with Crippen LogP contribution < -0.4 is 5.43 Å². The van der Waals surface area contributed by atoms with Crippen molar-refractivity contribution in [3.05, 3.63) is 71.7 Å². The van der Waals surface area contributed by atoms with Crippen LogP contribution >= 0.6 is 11.8 Å². The van der Waals surface area contributed by atoms with Gasteiger partial charge in [-0.3, -0.25) is 4.79 Å². The van der Waals surface area contributed by atoms with Gasteiger partial charge in [-0.15, -0.1) is 0 Å². The molecule has 0 radical (unpaired) electrons. The van der Waals surface area contributed by atoms with Crippen LogP contribution in [0.5, 0.6) is 0 Å². The largest absolute Gasteiger partial charge is 0.448 e. The molecule has 0 aliphatic rings. The van der Waals surface area contributed by atoms with E-state index in [0.29, 0.717) is 16.0 Å². The molecule has 0 saturated heterocycles. The second-order valence-corrected chi connectivity index (χ2v) is 6.04. The average molecular weight is 392 g/mol. The molecule has 1 N–H and O–H groups in total. The summed E-state index contributed by atoms with van der Waals surface area (Å²) in [6.45, 7) is 0. The highest BCUT2D eigenvalue weighted by Gasteiger charge is 2.30. The number of aromatic nitrogens is 2. The van der Waals surface area contributed by atoms with E-state index in [2.05, 4.69) is 20.5 Å². The average Bonchev–Trinajstić information content (AvgIpc) is 3.09. The van der Waals surface area contributed by atoms with Gasteiger partial charge in [-0.05, 0) is 48.2 Å². The van der Waals surface area contributed by atoms with Crippen LogP contribution in [0.25, 0.3) is 0 Å². The van der Waals surface area contributed by atoms with Gasteiger partial charge in [0.1, 0.15) is 5.76 Å². The molecule has 0 spiro atoms. The first-order chi connectivity index (χ1) is 12.9. The molecule has 27 heavy (non-hydrogen) atoms. The molecule has 1 amide bonds. The van der Waals surface area contributed by atoms with Gasteiger partial charge in [-0.1, -0.05) is 6.07 Å². The van der Waals surface area contributed by atoms with Crippen molar-refractivity contribution in [3.8, 4) is 0 Å². The van der Waals surface area contributed by atoms with Crippen LogP contribution in [0.2, 0.25) is 0 Å². The van der Waals surface area contributed by atoms with Crippen molar-refractivity contribution in [2.45, 2.75) is 16.4 Å². The third-order valence-corrected chi connectivity index (χ3v) is 3.96. The Morgan fingerprint density at radius 1 is 1.15 bits per heavy atom. The molecule has 2 heterocycles. The summed E-state index contributed by atoms with van der Waals surface area (Å²) in [4.78, 5) is 20.0. The molecule has 0 saturated carbocycles. The smallest absolute Gasteiger partial charge is 0.416 e. The zero-order chi connectivity index (χ0) is 19.3. The zero-order valence-corrected chi connectivity index (χ0v) is 14.3. The summed E-state index contributed by atoms with van der Waals surface area (Å²) >= 11 is 1.20. The van der Waals surface area contributed by atoms with Gasteiger partial charge in [-0.2, -0.15) is 18.3 Å². The lowest BCUT2D eigenvalue weighted by molar-refractivity contribution is -0.137. The van der Waals surface area contributed by atoms with Crippen molar-refractivity contribution in [2.75, 3.05) is 0 Å². The molecule has 0 unspecified atom stereocenters. The van der Waals surface area contributed by atoms with Gasteiger partial charge in [0.05, 0.1) is 11.8 Å². The van der Waals surface area contributed by atoms with E-state index in [1.807, 2.05) is 0 Å². The number of hydrazone groups is 1. The van der Waals surface area contributed by atoms with Crippen LogP contribution in [-0.4, -0.2) is 22.1 Å². The van der Waals surface area contributed by atoms with E-state index in [1.165, 1.54) is 24.0 Å². The number of hydrogen-bond acceptors (Lipinski definition) is 6. The summed E-state index contributed by atoms with van der Waals surface area (Å²) < 4.78 is 43.5. The fourth-order valence-electron chi connectivity index (χ4n) is 1.94. The first kappa shape index (κ1) is 18.6. The number of halogens is 3. The number of alkyl halides is 3. The van der Waals surface area contributed by atoms with Crippen LogP contribution in [0.4, 0.5) is 13.2 Å². The molecule has 2 aromatic heterocycles. The van der Waals surface area contributed by atoms with Crippen LogP contribution in [0.1, 0.15) is 21.7 Å². The third kappa shape index (κ3) is 5.17. The number of benzene rings is 1. The summed E-state index contributed by atoms with van der Waals surface area (Å²) in [5.74, 6) is -0.422. The minimum atomic E-state index is -4.52. The van der Waals surface area contributed by atoms with E-state index in [9.17, 15) is 18.0 Å². The Kier molecular flexibility index (Phi) is 5.55. The Balaban J connectivity index is 1.60. The van der Waals surface area contributed by atoms with Gasteiger partial charge in [0.2, 0.25) is 0 Å². The molecule has 0 aliphatic heterocycles. The Hall–Kier alpha value is -3.14. The van der Waals surface area contributed by atoms with Crippen LogP contribution in [0.3, 0.4) is 0 Å². The number of carbonyl (C=O) groups excluding carboxylic acids is 1. The predicted octanol–water partition coefficient (Wildman–Crippen LogP) is 4.00. The number of amides is 1. The summed E-state index contributed by atoms with van der Waals surface area (Å²) in [6.07, 6.45) is -0.0837. The lowest BCUT2D eigenvalue weighted by Gasteiger charge is -2.07. The monoisotopic (exact) mass is 392 g/mol. The highest BCUT2D eigenvalue weighted by molar-refractivity contribution is 7.99. The van der Waals surface area contributed by atoms with Crippen LogP contribution in [0, 0.1) is 0 Å². The van der Waals surface area contributed by atoms with E-state index in [1.54, 1.807) is 30.6 Å². The number of carbonyl (C=O) groups is 1. The van der Waals surface area contributed by atoms with Gasteiger partial charge >= 0.3 is 6.18 Å². The summed E-state index contributed by atoms with van der Waals surface area (Å²) in [5, 5.41) is 4.72. The van der Waals surface area contributed by atoms with Crippen molar-refractivity contribution < 1.29 is 22.4 Å². The topological polar surface area (TPSA) is 80.4 Å². The summed E-state index contributed by atoms with van der Waals surface area (Å²) in [7, 11) is 0. The fraction of sp³-hybridized carbons (Fsp3) is 0.0588. The maximum atomic E-state index is 12.7. The fourth-order valence-corrected chi connectivity index (χ4v) is 2.62. The first-order valence-corrected chi connectivity index (χ1v) is 8.29. The lowest BCUT2D eigenvalue weighted by Crippen LogP contribution is -2.18. The normalized spacial score (nSPS) is 11.7. The van der Waals surface area contributed by atoms with Crippen molar-refractivity contribution in [3.63, 3.8) is 0 Å². The van der Waals surface area contributed by atoms with Crippen molar-refractivity contribution in [1.82, 2.24) is 15.4 Å². The summed E-state index contributed by atoms with van der Waals surface area (Å²) in [6, 6.07) is 9.05. The van der Waals surface area contributed by atoms with Crippen molar-refractivity contribution in [1.29, 1.82) is 0 Å². The van der Waals surface area contributed by atoms with E-state index in [0.717, 1.165) is 18.2 Å². The van der Waals surface area contributed by atoms with Gasteiger partial charge in [-0.25, -0.2) is 15.4 Å². The molecule has 1 aromatic carbocycles. The Bertz CT molecular complexity index is 958. The standard InChI is InChI=1S/C17H11F3N4O2S/c18-17(19,20)12-4-1-3-11(9-12)15(25)24-23-10-13-5-6-14(26-13)27-16-21-7-2-8-22-16/h1-10H,(H,24,25)/b23-10+. The molecule has 6 nitrogen and oxygen atoms in total. The van der Waals surface area contributed by atoms with Gasteiger partial charge in [0.15, 0.2) is 10.2 Å². The highest BCUT2D eigenvalue weighted by Crippen LogP contribution is 2.29. The Labute approximate surface area is 155 Å². The lowest BCUT2D eigenvalue weighted by atomic mass is 10.1. The van der Waals surface area contributed by atoms with E-state index in [4.69, 9.17) is 4.42 Å². The second-order valence-electron chi connectivity index (χ2n) is 5.07. The molecule has 0 bridgehead atoms. The zero-order valence-electron chi connectivity index (χ0n) is 13.5. The van der Waals surface area contributed by atoms with E-state index < -0.39 is 17.6 Å². The first-order valence-electron chi connectivity index (χ1n) is 7.47. The quantitative estimate of drug-likeness (QED) is 0.403.